The van der Waals surface area contributed by atoms with Gasteiger partial charge in [-0.2, -0.15) is 0 Å². The number of hydrogen-bond acceptors (Lipinski definition) is 12. The molecule has 8 rings (SSSR count). The molecule has 0 unspecified atom stereocenters. The summed E-state index contributed by atoms with van der Waals surface area (Å²) in [5.74, 6) is 2.53. The first-order chi connectivity index (χ1) is 42.3. The van der Waals surface area contributed by atoms with Crippen LogP contribution in [0.15, 0.2) is 138 Å². The zero-order valence-electron chi connectivity index (χ0n) is 53.6. The van der Waals surface area contributed by atoms with E-state index in [0.29, 0.717) is 18.5 Å². The molecule has 1 aliphatic rings. The summed E-state index contributed by atoms with van der Waals surface area (Å²) in [7, 11) is 1.61. The minimum Gasteiger partial charge on any atom is -0.497 e. The number of methoxy groups -OCH3 is 1. The summed E-state index contributed by atoms with van der Waals surface area (Å²) in [6.45, 7) is 17.8. The highest BCUT2D eigenvalue weighted by molar-refractivity contribution is 5.97. The number of nitrogens with zero attached hydrogens (tertiary/aromatic N) is 3. The molecule has 0 saturated carbocycles. The minimum atomic E-state index is -0.689. The van der Waals surface area contributed by atoms with Crippen LogP contribution < -0.4 is 19.5 Å². The van der Waals surface area contributed by atoms with Crippen LogP contribution in [0.2, 0.25) is 0 Å². The third-order valence-electron chi connectivity index (χ3n) is 14.7. The molecule has 0 fully saturated rings. The Hall–Kier alpha value is -8.10. The number of ketones is 1. The number of rotatable bonds is 32. The number of aromatic amines is 1. The van der Waals surface area contributed by atoms with Crippen molar-refractivity contribution < 1.29 is 42.9 Å². The Morgan fingerprint density at radius 3 is 1.67 bits per heavy atom. The SMILES string of the molecule is CCCCCCCOc1ccc(CC2=Nc3cc(CN(CC(=O)OC(C)(C)C)C(=O)c4ccc(CC(=O)Cc5ccc(OC)cc5)cc4)ccc3C2)cc1.CCCCCCCOc1ccc(Cc2nc3ccc(CNCC(=O)OC(C)(C)C)cc3[nH]2)cc1. The minimum absolute atomic E-state index is 0.0690. The van der Waals surface area contributed by atoms with Crippen molar-refractivity contribution in [1.29, 1.82) is 0 Å². The Balaban J connectivity index is 0.000000279. The Morgan fingerprint density at radius 2 is 1.09 bits per heavy atom. The van der Waals surface area contributed by atoms with Crippen LogP contribution in [0.3, 0.4) is 0 Å². The average molecular weight is 1200 g/mol. The van der Waals surface area contributed by atoms with Crippen molar-refractivity contribution in [3.8, 4) is 17.2 Å². The Morgan fingerprint density at radius 1 is 0.568 bits per heavy atom. The van der Waals surface area contributed by atoms with E-state index >= 15 is 0 Å². The number of ether oxygens (including phenoxy) is 5. The molecule has 0 atom stereocenters. The first kappa shape index (κ1) is 67.4. The maximum absolute atomic E-state index is 13.9. The molecule has 6 aromatic carbocycles. The van der Waals surface area contributed by atoms with Gasteiger partial charge in [0.05, 0.1) is 43.6 Å². The number of imidazole rings is 1. The van der Waals surface area contributed by atoms with E-state index in [1.165, 1.54) is 67.4 Å². The number of amides is 1. The van der Waals surface area contributed by atoms with Crippen molar-refractivity contribution in [1.82, 2.24) is 20.2 Å². The number of carbonyl (C=O) groups excluding carboxylic acids is 4. The van der Waals surface area contributed by atoms with Gasteiger partial charge in [-0.3, -0.25) is 24.2 Å². The van der Waals surface area contributed by atoms with Crippen LogP contribution in [0.25, 0.3) is 11.0 Å². The monoisotopic (exact) mass is 1200 g/mol. The van der Waals surface area contributed by atoms with Crippen molar-refractivity contribution in [3.63, 3.8) is 0 Å². The van der Waals surface area contributed by atoms with Crippen molar-refractivity contribution in [3.05, 3.63) is 184 Å². The molecule has 14 heteroatoms. The maximum atomic E-state index is 13.9. The second-order valence-corrected chi connectivity index (χ2v) is 24.9. The van der Waals surface area contributed by atoms with Crippen molar-refractivity contribution >= 4 is 46.1 Å². The number of fused-ring (bicyclic) bond motifs is 2. The molecule has 0 saturated heterocycles. The summed E-state index contributed by atoms with van der Waals surface area (Å²) in [6, 6.07) is 43.2. The van der Waals surface area contributed by atoms with Gasteiger partial charge in [0.25, 0.3) is 5.91 Å². The average Bonchev–Trinajstić information content (AvgIpc) is 2.89. The van der Waals surface area contributed by atoms with E-state index in [1.807, 2.05) is 93.6 Å². The van der Waals surface area contributed by atoms with Gasteiger partial charge in [-0.05, 0) is 160 Å². The van der Waals surface area contributed by atoms with E-state index in [2.05, 4.69) is 60.5 Å². The van der Waals surface area contributed by atoms with E-state index in [4.69, 9.17) is 33.7 Å². The summed E-state index contributed by atoms with van der Waals surface area (Å²) in [5.41, 5.74) is 10.4. The van der Waals surface area contributed by atoms with Gasteiger partial charge in [-0.1, -0.05) is 132 Å². The summed E-state index contributed by atoms with van der Waals surface area (Å²) in [6.07, 6.45) is 15.1. The summed E-state index contributed by atoms with van der Waals surface area (Å²) < 4.78 is 27.9. The van der Waals surface area contributed by atoms with Gasteiger partial charge in [0.2, 0.25) is 0 Å². The fraction of sp³-hybridized carbons (Fsp3) is 0.432. The quantitative estimate of drug-likeness (QED) is 0.0304. The van der Waals surface area contributed by atoms with Crippen LogP contribution in [0.4, 0.5) is 5.69 Å². The normalized spacial score (nSPS) is 11.9. The largest absolute Gasteiger partial charge is 0.497 e. The van der Waals surface area contributed by atoms with Crippen LogP contribution in [0.1, 0.15) is 175 Å². The van der Waals surface area contributed by atoms with E-state index in [0.717, 1.165) is 119 Å². The van der Waals surface area contributed by atoms with E-state index in [9.17, 15) is 19.2 Å². The molecular weight excluding hydrogens is 1100 g/mol. The molecule has 14 nitrogen and oxygen atoms in total. The number of nitrogens with one attached hydrogen (secondary N) is 2. The van der Waals surface area contributed by atoms with Gasteiger partial charge in [-0.25, -0.2) is 4.98 Å². The Labute approximate surface area is 522 Å². The predicted molar refractivity (Wildman–Crippen MR) is 351 cm³/mol. The number of hydrogen-bond donors (Lipinski definition) is 2. The molecule has 2 N–H and O–H groups in total. The molecule has 88 heavy (non-hydrogen) atoms. The molecule has 0 spiro atoms. The van der Waals surface area contributed by atoms with Crippen molar-refractivity contribution in [2.75, 3.05) is 33.4 Å². The number of esters is 2. The number of carbonyl (C=O) groups is 4. The lowest BCUT2D eigenvalue weighted by molar-refractivity contribution is -0.156. The number of aromatic nitrogens is 2. The smallest absolute Gasteiger partial charge is 0.326 e. The number of aliphatic imine (C=N–C) groups is 1. The molecule has 0 bridgehead atoms. The van der Waals surface area contributed by atoms with Gasteiger partial charge in [-0.15, -0.1) is 0 Å². The highest BCUT2D eigenvalue weighted by atomic mass is 16.6. The van der Waals surface area contributed by atoms with Crippen LogP contribution in [0.5, 0.6) is 17.2 Å². The molecule has 0 radical (unpaired) electrons. The lowest BCUT2D eigenvalue weighted by Gasteiger charge is -2.25. The molecule has 468 valence electrons. The second kappa shape index (κ2) is 33.9. The summed E-state index contributed by atoms with van der Waals surface area (Å²) in [5, 5.41) is 3.15. The van der Waals surface area contributed by atoms with Gasteiger partial charge in [0.15, 0.2) is 0 Å². The van der Waals surface area contributed by atoms with Crippen molar-refractivity contribution in [2.45, 2.75) is 176 Å². The summed E-state index contributed by atoms with van der Waals surface area (Å²) in [4.78, 5) is 66.2. The van der Waals surface area contributed by atoms with E-state index in [-0.39, 0.29) is 43.7 Å². The number of unbranched alkanes of at least 4 members (excludes halogenated alkanes) is 8. The van der Waals surface area contributed by atoms with Crippen molar-refractivity contribution in [2.24, 2.45) is 4.99 Å². The van der Waals surface area contributed by atoms with Gasteiger partial charge in [0.1, 0.15) is 46.6 Å². The number of Topliss-reactive ketones (excluding diaryl/α,β-unsaturated/α-hetero) is 1. The van der Waals surface area contributed by atoms with Gasteiger partial charge in [0, 0.05) is 56.5 Å². The van der Waals surface area contributed by atoms with E-state index in [1.54, 1.807) is 52.1 Å². The lowest BCUT2D eigenvalue weighted by Crippen LogP contribution is -2.38. The molecule has 1 aromatic heterocycles. The first-order valence-electron chi connectivity index (χ1n) is 31.6. The van der Waals surface area contributed by atoms with E-state index < -0.39 is 17.2 Å². The highest BCUT2D eigenvalue weighted by Gasteiger charge is 2.25. The predicted octanol–water partition coefficient (Wildman–Crippen LogP) is 15.2. The Kier molecular flexibility index (Phi) is 25.9. The topological polar surface area (TPSA) is 171 Å². The van der Waals surface area contributed by atoms with Crippen LogP contribution in [-0.2, 0) is 69.1 Å². The molecule has 7 aromatic rings. The van der Waals surface area contributed by atoms with Crippen LogP contribution in [0, 0.1) is 0 Å². The Bertz CT molecular complexity index is 3360. The number of H-pyrrole nitrogens is 1. The van der Waals surface area contributed by atoms with Crippen LogP contribution in [-0.4, -0.2) is 88.8 Å². The molecule has 2 heterocycles. The standard InChI is InChI=1S/C46H54N2O6.C28H39N3O3/c1-6-7-8-9-10-25-53-42-23-16-33(17-24-42)26-39-30-38-20-13-36(29-43(38)47-39)31-48(32-44(50)54-46(2,3)4)45(51)37-18-11-34(12-19-37)27-40(49)28-35-14-21-41(52-5)22-15-35;1-5-6-7-8-9-16-33-23-13-10-21(11-14-23)18-26-30-24-15-12-22(17-25(24)31-26)19-29-20-27(32)34-28(2,3)4/h11-24,29H,6-10,25-28,30-32H2,1-5H3;10-15,17,29H,5-9,16,18-20H2,1-4H3,(H,30,31). The number of benzene rings is 6. The zero-order chi connectivity index (χ0) is 62.9. The maximum Gasteiger partial charge on any atom is 0.326 e. The fourth-order valence-electron chi connectivity index (χ4n) is 10.3. The third-order valence-corrected chi connectivity index (χ3v) is 14.7. The lowest BCUT2D eigenvalue weighted by atomic mass is 10.0. The van der Waals surface area contributed by atoms with Gasteiger partial charge >= 0.3 is 11.9 Å². The highest BCUT2D eigenvalue weighted by Crippen LogP contribution is 2.30. The first-order valence-corrected chi connectivity index (χ1v) is 31.6. The van der Waals surface area contributed by atoms with Gasteiger partial charge < -0.3 is 38.9 Å². The molecule has 1 aliphatic heterocycles. The molecule has 1 amide bonds. The molecular formula is C74H93N5O9. The second-order valence-electron chi connectivity index (χ2n) is 24.9. The third kappa shape index (κ3) is 23.5. The summed E-state index contributed by atoms with van der Waals surface area (Å²) >= 11 is 0. The fourth-order valence-corrected chi connectivity index (χ4v) is 10.3. The van der Waals surface area contributed by atoms with Crippen LogP contribution >= 0.6 is 0 Å². The molecule has 0 aliphatic carbocycles. The zero-order valence-corrected chi connectivity index (χ0v) is 53.6.